The molecule has 106 valence electrons. The topological polar surface area (TPSA) is 50.9 Å². The minimum Gasteiger partial charge on any atom is -0.388 e. The summed E-state index contributed by atoms with van der Waals surface area (Å²) in [6, 6.07) is 15.9. The predicted octanol–water partition coefficient (Wildman–Crippen LogP) is 3.50. The lowest BCUT2D eigenvalue weighted by Gasteiger charge is -2.11. The average Bonchev–Trinajstić information content (AvgIpc) is 2.94. The SMILES string of the molecule is Cc1ccc(Br)c(-c2nnc(CO)n2-c2ccccc2)c1. The molecule has 3 rings (SSSR count). The van der Waals surface area contributed by atoms with Crippen molar-refractivity contribution in [2.75, 3.05) is 0 Å². The first kappa shape index (κ1) is 14.0. The normalized spacial score (nSPS) is 10.8. The minimum absolute atomic E-state index is 0.161. The number of halogens is 1. The highest BCUT2D eigenvalue weighted by Gasteiger charge is 2.16. The van der Waals surface area contributed by atoms with Crippen molar-refractivity contribution in [3.8, 4) is 17.1 Å². The smallest absolute Gasteiger partial charge is 0.169 e. The van der Waals surface area contributed by atoms with Crippen LogP contribution >= 0.6 is 15.9 Å². The van der Waals surface area contributed by atoms with E-state index in [4.69, 9.17) is 0 Å². The standard InChI is InChI=1S/C16H14BrN3O/c1-11-7-8-14(17)13(9-11)16-19-18-15(10-21)20(16)12-5-3-2-4-6-12/h2-9,21H,10H2,1H3. The second-order valence-corrected chi connectivity index (χ2v) is 5.61. The fourth-order valence-electron chi connectivity index (χ4n) is 2.25. The van der Waals surface area contributed by atoms with Gasteiger partial charge in [0.2, 0.25) is 0 Å². The first-order valence-electron chi connectivity index (χ1n) is 6.58. The second-order valence-electron chi connectivity index (χ2n) is 4.75. The second kappa shape index (κ2) is 5.79. The lowest BCUT2D eigenvalue weighted by Crippen LogP contribution is -2.03. The monoisotopic (exact) mass is 343 g/mol. The van der Waals surface area contributed by atoms with Gasteiger partial charge in [0.25, 0.3) is 0 Å². The molecule has 1 N–H and O–H groups in total. The minimum atomic E-state index is -0.161. The third kappa shape index (κ3) is 2.62. The number of para-hydroxylation sites is 1. The molecule has 0 aliphatic carbocycles. The molecule has 0 bridgehead atoms. The van der Waals surface area contributed by atoms with Gasteiger partial charge >= 0.3 is 0 Å². The zero-order valence-corrected chi connectivity index (χ0v) is 13.1. The Kier molecular flexibility index (Phi) is 3.86. The van der Waals surface area contributed by atoms with E-state index in [1.165, 1.54) is 0 Å². The molecular formula is C16H14BrN3O. The van der Waals surface area contributed by atoms with Gasteiger partial charge in [-0.25, -0.2) is 0 Å². The Hall–Kier alpha value is -1.98. The van der Waals surface area contributed by atoms with E-state index in [2.05, 4.69) is 32.2 Å². The van der Waals surface area contributed by atoms with Gasteiger partial charge in [-0.1, -0.05) is 45.8 Å². The Labute approximate surface area is 131 Å². The third-order valence-electron chi connectivity index (χ3n) is 3.25. The molecule has 3 aromatic rings. The van der Waals surface area contributed by atoms with Gasteiger partial charge in [0.05, 0.1) is 0 Å². The Morgan fingerprint density at radius 1 is 1.10 bits per heavy atom. The Morgan fingerprint density at radius 2 is 1.86 bits per heavy atom. The molecular weight excluding hydrogens is 330 g/mol. The molecule has 0 saturated carbocycles. The molecule has 0 amide bonds. The fraction of sp³-hybridized carbons (Fsp3) is 0.125. The van der Waals surface area contributed by atoms with Crippen LogP contribution in [0.25, 0.3) is 17.1 Å². The van der Waals surface area contributed by atoms with Crippen molar-refractivity contribution in [2.45, 2.75) is 13.5 Å². The highest BCUT2D eigenvalue weighted by atomic mass is 79.9. The molecule has 1 heterocycles. The van der Waals surface area contributed by atoms with Crippen LogP contribution in [-0.4, -0.2) is 19.9 Å². The maximum absolute atomic E-state index is 9.53. The molecule has 0 spiro atoms. The van der Waals surface area contributed by atoms with Gasteiger partial charge in [-0.3, -0.25) is 4.57 Å². The van der Waals surface area contributed by atoms with Gasteiger partial charge < -0.3 is 5.11 Å². The number of benzene rings is 2. The van der Waals surface area contributed by atoms with E-state index >= 15 is 0 Å². The van der Waals surface area contributed by atoms with E-state index in [9.17, 15) is 5.11 Å². The summed E-state index contributed by atoms with van der Waals surface area (Å²) in [7, 11) is 0. The zero-order chi connectivity index (χ0) is 14.8. The maximum Gasteiger partial charge on any atom is 0.169 e. The van der Waals surface area contributed by atoms with Crippen LogP contribution in [0.2, 0.25) is 0 Å². The summed E-state index contributed by atoms with van der Waals surface area (Å²) in [6.45, 7) is 1.87. The highest BCUT2D eigenvalue weighted by molar-refractivity contribution is 9.10. The Balaban J connectivity index is 2.25. The largest absolute Gasteiger partial charge is 0.388 e. The molecule has 21 heavy (non-hydrogen) atoms. The molecule has 4 nitrogen and oxygen atoms in total. The summed E-state index contributed by atoms with van der Waals surface area (Å²) >= 11 is 3.56. The maximum atomic E-state index is 9.53. The molecule has 0 aliphatic rings. The van der Waals surface area contributed by atoms with Crippen LogP contribution in [-0.2, 0) is 6.61 Å². The van der Waals surface area contributed by atoms with Crippen LogP contribution in [0.5, 0.6) is 0 Å². The van der Waals surface area contributed by atoms with Crippen molar-refractivity contribution in [3.05, 3.63) is 64.4 Å². The Morgan fingerprint density at radius 3 is 2.57 bits per heavy atom. The quantitative estimate of drug-likeness (QED) is 0.791. The van der Waals surface area contributed by atoms with Gasteiger partial charge in [0.15, 0.2) is 11.6 Å². The van der Waals surface area contributed by atoms with Crippen molar-refractivity contribution >= 4 is 15.9 Å². The summed E-state index contributed by atoms with van der Waals surface area (Å²) in [4.78, 5) is 0. The molecule has 2 aromatic carbocycles. The number of hydrogen-bond donors (Lipinski definition) is 1. The lowest BCUT2D eigenvalue weighted by molar-refractivity contribution is 0.269. The molecule has 0 fully saturated rings. The van der Waals surface area contributed by atoms with Crippen molar-refractivity contribution in [1.29, 1.82) is 0 Å². The molecule has 1 aromatic heterocycles. The van der Waals surface area contributed by atoms with Crippen LogP contribution in [0.15, 0.2) is 53.0 Å². The van der Waals surface area contributed by atoms with Crippen LogP contribution in [0.1, 0.15) is 11.4 Å². The van der Waals surface area contributed by atoms with Gasteiger partial charge in [0, 0.05) is 15.7 Å². The first-order valence-corrected chi connectivity index (χ1v) is 7.37. The number of nitrogens with zero attached hydrogens (tertiary/aromatic N) is 3. The highest BCUT2D eigenvalue weighted by Crippen LogP contribution is 2.30. The van der Waals surface area contributed by atoms with E-state index in [0.29, 0.717) is 11.6 Å². The third-order valence-corrected chi connectivity index (χ3v) is 3.94. The van der Waals surface area contributed by atoms with Crippen LogP contribution in [0, 0.1) is 6.92 Å². The average molecular weight is 344 g/mol. The van der Waals surface area contributed by atoms with Gasteiger partial charge in [-0.05, 0) is 31.2 Å². The number of rotatable bonds is 3. The number of aromatic nitrogens is 3. The van der Waals surface area contributed by atoms with Crippen molar-refractivity contribution < 1.29 is 5.11 Å². The number of aliphatic hydroxyl groups is 1. The summed E-state index contributed by atoms with van der Waals surface area (Å²) < 4.78 is 2.82. The van der Waals surface area contributed by atoms with Gasteiger partial charge in [0.1, 0.15) is 6.61 Å². The van der Waals surface area contributed by atoms with Crippen molar-refractivity contribution in [2.24, 2.45) is 0 Å². The molecule has 5 heteroatoms. The van der Waals surface area contributed by atoms with Crippen LogP contribution in [0.4, 0.5) is 0 Å². The molecule has 0 radical (unpaired) electrons. The lowest BCUT2D eigenvalue weighted by atomic mass is 10.1. The van der Waals surface area contributed by atoms with Crippen LogP contribution in [0.3, 0.4) is 0 Å². The molecule has 0 atom stereocenters. The van der Waals surface area contributed by atoms with Crippen LogP contribution < -0.4 is 0 Å². The summed E-state index contributed by atoms with van der Waals surface area (Å²) in [5.74, 6) is 1.23. The van der Waals surface area contributed by atoms with E-state index in [0.717, 1.165) is 21.3 Å². The van der Waals surface area contributed by atoms with Gasteiger partial charge in [-0.2, -0.15) is 0 Å². The summed E-state index contributed by atoms with van der Waals surface area (Å²) in [5.41, 5.74) is 3.02. The van der Waals surface area contributed by atoms with E-state index in [-0.39, 0.29) is 6.61 Å². The number of aryl methyl sites for hydroxylation is 1. The van der Waals surface area contributed by atoms with E-state index in [1.54, 1.807) is 0 Å². The van der Waals surface area contributed by atoms with Gasteiger partial charge in [-0.15, -0.1) is 10.2 Å². The summed E-state index contributed by atoms with van der Waals surface area (Å²) in [6.07, 6.45) is 0. The van der Waals surface area contributed by atoms with Crippen molar-refractivity contribution in [3.63, 3.8) is 0 Å². The zero-order valence-electron chi connectivity index (χ0n) is 11.5. The fourth-order valence-corrected chi connectivity index (χ4v) is 2.68. The summed E-state index contributed by atoms with van der Waals surface area (Å²) in [5, 5.41) is 17.9. The van der Waals surface area contributed by atoms with E-state index in [1.807, 2.05) is 54.0 Å². The molecule has 0 unspecified atom stereocenters. The molecule has 0 saturated heterocycles. The first-order chi connectivity index (χ1) is 10.2. The van der Waals surface area contributed by atoms with E-state index < -0.39 is 0 Å². The molecule has 0 aliphatic heterocycles. The predicted molar refractivity (Wildman–Crippen MR) is 85.2 cm³/mol. The Bertz CT molecular complexity index is 768. The number of hydrogen-bond acceptors (Lipinski definition) is 3. The number of aliphatic hydroxyl groups excluding tert-OH is 1. The van der Waals surface area contributed by atoms with Crippen molar-refractivity contribution in [1.82, 2.24) is 14.8 Å².